The summed E-state index contributed by atoms with van der Waals surface area (Å²) < 4.78 is 0. The van der Waals surface area contributed by atoms with Crippen molar-refractivity contribution in [3.05, 3.63) is 41.9 Å². The van der Waals surface area contributed by atoms with Crippen LogP contribution in [0.15, 0.2) is 30.7 Å². The highest BCUT2D eigenvalue weighted by Gasteiger charge is 2.66. The minimum atomic E-state index is -1.58. The lowest BCUT2D eigenvalue weighted by molar-refractivity contribution is -0.148. The number of carbonyl (C=O) groups excluding carboxylic acids is 1. The van der Waals surface area contributed by atoms with Gasteiger partial charge in [-0.2, -0.15) is 5.26 Å². The fourth-order valence-electron chi connectivity index (χ4n) is 4.57. The number of aryl methyl sites for hydroxylation is 1. The summed E-state index contributed by atoms with van der Waals surface area (Å²) in [4.78, 5) is 38.0. The molecule has 0 saturated heterocycles. The summed E-state index contributed by atoms with van der Waals surface area (Å²) in [6, 6.07) is 5.62. The molecule has 3 aromatic rings. The number of fused-ring (bicyclic) bond motifs is 1. The maximum Gasteiger partial charge on any atom is 0.319 e. The summed E-state index contributed by atoms with van der Waals surface area (Å²) in [5, 5.41) is 22.8. The monoisotopic (exact) mass is 442 g/mol. The second-order valence-corrected chi connectivity index (χ2v) is 8.83. The largest absolute Gasteiger partial charge is 0.480 e. The molecule has 0 spiro atoms. The van der Waals surface area contributed by atoms with E-state index in [2.05, 4.69) is 20.3 Å². The Kier molecular flexibility index (Phi) is 4.74. The van der Waals surface area contributed by atoms with Crippen LogP contribution in [-0.4, -0.2) is 31.9 Å². The highest BCUT2D eigenvalue weighted by Crippen LogP contribution is 2.55. The fourth-order valence-corrected chi connectivity index (χ4v) is 4.57. The second-order valence-electron chi connectivity index (χ2n) is 8.83. The van der Waals surface area contributed by atoms with Gasteiger partial charge in [0.1, 0.15) is 11.6 Å². The number of hydrogen-bond acceptors (Lipinski definition) is 7. The topological polar surface area (TPSA) is 155 Å². The molecule has 9 nitrogen and oxygen atoms in total. The number of carboxylic acid groups (broad SMARTS) is 1. The lowest BCUT2D eigenvalue weighted by Crippen LogP contribution is -2.33. The van der Waals surface area contributed by atoms with Gasteiger partial charge in [0.25, 0.3) is 0 Å². The van der Waals surface area contributed by atoms with Gasteiger partial charge in [-0.1, -0.05) is 0 Å². The van der Waals surface area contributed by atoms with Crippen molar-refractivity contribution in [2.24, 2.45) is 11.3 Å². The molecular formula is C24H22N6O3. The van der Waals surface area contributed by atoms with Crippen LogP contribution in [0, 0.1) is 29.6 Å². The molecule has 2 aliphatic rings. The van der Waals surface area contributed by atoms with Crippen LogP contribution >= 0.6 is 0 Å². The fraction of sp³-hybridized carbons (Fsp3) is 0.333. The zero-order valence-corrected chi connectivity index (χ0v) is 18.0. The van der Waals surface area contributed by atoms with Gasteiger partial charge in [0.15, 0.2) is 5.41 Å². The average Bonchev–Trinajstić information content (AvgIpc) is 3.69. The molecular weight excluding hydrogens is 420 g/mol. The molecule has 0 aromatic carbocycles. The predicted octanol–water partition coefficient (Wildman–Crippen LogP) is 3.40. The Morgan fingerprint density at radius 1 is 1.33 bits per heavy atom. The number of amides is 1. The highest BCUT2D eigenvalue weighted by atomic mass is 16.4. The molecule has 5 rings (SSSR count). The van der Waals surface area contributed by atoms with Crippen molar-refractivity contribution in [1.82, 2.24) is 15.0 Å². The number of nitrogens with one attached hydrogen (secondary N) is 1. The van der Waals surface area contributed by atoms with E-state index in [1.807, 2.05) is 19.1 Å². The Labute approximate surface area is 189 Å². The number of nitrogen functional groups attached to an aromatic ring is 1. The van der Waals surface area contributed by atoms with E-state index in [-0.39, 0.29) is 18.7 Å². The molecule has 166 valence electrons. The maximum absolute atomic E-state index is 12.9. The Bertz CT molecular complexity index is 1360. The van der Waals surface area contributed by atoms with Crippen molar-refractivity contribution in [3.8, 4) is 17.3 Å². The molecule has 2 unspecified atom stereocenters. The van der Waals surface area contributed by atoms with Gasteiger partial charge in [0.05, 0.1) is 11.8 Å². The van der Waals surface area contributed by atoms with E-state index in [4.69, 9.17) is 11.0 Å². The highest BCUT2D eigenvalue weighted by molar-refractivity contribution is 6.11. The molecule has 2 fully saturated rings. The number of nitriles is 1. The molecule has 0 radical (unpaired) electrons. The summed E-state index contributed by atoms with van der Waals surface area (Å²) in [7, 11) is 0. The number of aromatic nitrogens is 3. The van der Waals surface area contributed by atoms with Gasteiger partial charge in [0, 0.05) is 36.0 Å². The van der Waals surface area contributed by atoms with Crippen LogP contribution in [0.5, 0.6) is 0 Å². The molecule has 0 bridgehead atoms. The van der Waals surface area contributed by atoms with Crippen LogP contribution in [0.1, 0.15) is 42.7 Å². The first kappa shape index (κ1) is 20.8. The minimum Gasteiger partial charge on any atom is -0.480 e. The van der Waals surface area contributed by atoms with Gasteiger partial charge < -0.3 is 16.2 Å². The molecule has 2 aliphatic carbocycles. The summed E-state index contributed by atoms with van der Waals surface area (Å²) in [6.07, 6.45) is 7.28. The lowest BCUT2D eigenvalue weighted by atomic mass is 9.95. The molecule has 0 aliphatic heterocycles. The van der Waals surface area contributed by atoms with Gasteiger partial charge in [-0.25, -0.2) is 9.97 Å². The minimum absolute atomic E-state index is 0.0206. The number of pyridine rings is 3. The van der Waals surface area contributed by atoms with E-state index in [0.29, 0.717) is 17.1 Å². The van der Waals surface area contributed by atoms with Crippen LogP contribution in [0.25, 0.3) is 22.0 Å². The number of carboxylic acids is 1. The van der Waals surface area contributed by atoms with E-state index in [1.54, 1.807) is 24.7 Å². The Hall–Kier alpha value is -4.06. The molecule has 1 amide bonds. The van der Waals surface area contributed by atoms with E-state index in [0.717, 1.165) is 40.6 Å². The number of carbonyl (C=O) groups is 2. The third kappa shape index (κ3) is 3.35. The second kappa shape index (κ2) is 7.52. The Morgan fingerprint density at radius 2 is 2.12 bits per heavy atom. The molecule has 2 atom stereocenters. The van der Waals surface area contributed by atoms with Crippen molar-refractivity contribution in [3.63, 3.8) is 0 Å². The van der Waals surface area contributed by atoms with Gasteiger partial charge in [0.2, 0.25) is 5.91 Å². The van der Waals surface area contributed by atoms with Gasteiger partial charge in [-0.3, -0.25) is 14.6 Å². The Morgan fingerprint density at radius 3 is 2.79 bits per heavy atom. The number of aliphatic carboxylic acids is 1. The number of hydrogen-bond donors (Lipinski definition) is 3. The summed E-state index contributed by atoms with van der Waals surface area (Å²) in [5.41, 5.74) is 8.45. The van der Waals surface area contributed by atoms with Crippen LogP contribution < -0.4 is 11.1 Å². The predicted molar refractivity (Wildman–Crippen MR) is 121 cm³/mol. The quantitative estimate of drug-likeness (QED) is 0.491. The smallest absolute Gasteiger partial charge is 0.319 e. The molecule has 4 N–H and O–H groups in total. The summed E-state index contributed by atoms with van der Waals surface area (Å²) in [5.74, 6) is -1.48. The van der Waals surface area contributed by atoms with E-state index in [1.165, 1.54) is 0 Å². The van der Waals surface area contributed by atoms with Crippen LogP contribution in [0.2, 0.25) is 0 Å². The molecule has 9 heteroatoms. The summed E-state index contributed by atoms with van der Waals surface area (Å²) in [6.45, 7) is 1.99. The van der Waals surface area contributed by atoms with Crippen molar-refractivity contribution < 1.29 is 14.7 Å². The lowest BCUT2D eigenvalue weighted by Gasteiger charge is -2.17. The average molecular weight is 442 g/mol. The van der Waals surface area contributed by atoms with Crippen molar-refractivity contribution in [2.75, 3.05) is 11.1 Å². The molecule has 3 heterocycles. The standard InChI is InChI=1S/C24H22N6O3/c1-12-5-7-27-10-16(12)20-19(13-2-3-13)15-8-18(28-11-17(15)21(26)30-20)29-22(31)24(23(32)33)9-14(24)4-6-25/h5,7-8,10-11,13-14H,2-4,9H2,1H3,(H2,26,30)(H,32,33)(H,28,29,31). The van der Waals surface area contributed by atoms with E-state index in [9.17, 15) is 14.7 Å². The summed E-state index contributed by atoms with van der Waals surface area (Å²) >= 11 is 0. The van der Waals surface area contributed by atoms with Crippen LogP contribution in [0.4, 0.5) is 11.6 Å². The Balaban J connectivity index is 1.59. The molecule has 3 aromatic heterocycles. The zero-order chi connectivity index (χ0) is 23.3. The van der Waals surface area contributed by atoms with Gasteiger partial charge >= 0.3 is 5.97 Å². The first-order valence-electron chi connectivity index (χ1n) is 10.8. The van der Waals surface area contributed by atoms with Crippen LogP contribution in [-0.2, 0) is 9.59 Å². The van der Waals surface area contributed by atoms with Crippen molar-refractivity contribution >= 4 is 34.3 Å². The van der Waals surface area contributed by atoms with Crippen molar-refractivity contribution in [2.45, 2.75) is 38.5 Å². The number of nitrogens with two attached hydrogens (primary N) is 1. The third-order valence-electron chi connectivity index (χ3n) is 6.71. The normalized spacial score (nSPS) is 21.4. The third-order valence-corrected chi connectivity index (χ3v) is 6.71. The number of rotatable bonds is 6. The SMILES string of the molecule is Cc1ccncc1-c1nc(N)c2cnc(NC(=O)C3(C(=O)O)CC3CC#N)cc2c1C1CC1. The first-order chi connectivity index (χ1) is 15.9. The maximum atomic E-state index is 12.9. The zero-order valence-electron chi connectivity index (χ0n) is 18.0. The van der Waals surface area contributed by atoms with Gasteiger partial charge in [-0.15, -0.1) is 0 Å². The van der Waals surface area contributed by atoms with Gasteiger partial charge in [-0.05, 0) is 66.7 Å². The van der Waals surface area contributed by atoms with Crippen molar-refractivity contribution in [1.29, 1.82) is 5.26 Å². The first-order valence-corrected chi connectivity index (χ1v) is 10.8. The van der Waals surface area contributed by atoms with E-state index < -0.39 is 23.2 Å². The molecule has 33 heavy (non-hydrogen) atoms. The number of nitrogens with zero attached hydrogens (tertiary/aromatic N) is 4. The van der Waals surface area contributed by atoms with E-state index >= 15 is 0 Å². The van der Waals surface area contributed by atoms with Crippen LogP contribution in [0.3, 0.4) is 0 Å². The molecule has 2 saturated carbocycles. The number of anilines is 2.